The average Bonchev–Trinajstić information content (AvgIpc) is 1.61. The quantitative estimate of drug-likeness (QED) is 0.558. The molecule has 2 N–H and O–H groups in total. The Kier molecular flexibility index (Phi) is 1.91. The molecule has 1 heteroatoms. The van der Waals surface area contributed by atoms with Gasteiger partial charge in [0.05, 0.1) is 0 Å². The SMILES string of the molecule is CCC1C=C(C(C)N)C1. The molecule has 2 atom stereocenters. The molecule has 0 saturated heterocycles. The minimum atomic E-state index is 0.299. The summed E-state index contributed by atoms with van der Waals surface area (Å²) in [5.74, 6) is 0.839. The molecule has 1 rings (SSSR count). The summed E-state index contributed by atoms with van der Waals surface area (Å²) in [6.07, 6.45) is 4.83. The predicted molar refractivity (Wildman–Crippen MR) is 40.1 cm³/mol. The Balaban J connectivity index is 2.35. The second-order valence-electron chi connectivity index (χ2n) is 2.90. The maximum absolute atomic E-state index is 5.65. The maximum Gasteiger partial charge on any atom is 0.0225 e. The van der Waals surface area contributed by atoms with Crippen molar-refractivity contribution in [2.75, 3.05) is 0 Å². The molecule has 1 aliphatic carbocycles. The Morgan fingerprint density at radius 2 is 2.44 bits per heavy atom. The lowest BCUT2D eigenvalue weighted by Crippen LogP contribution is -2.25. The van der Waals surface area contributed by atoms with Gasteiger partial charge in [0, 0.05) is 6.04 Å². The van der Waals surface area contributed by atoms with Crippen molar-refractivity contribution in [2.24, 2.45) is 11.7 Å². The van der Waals surface area contributed by atoms with E-state index in [0.29, 0.717) is 6.04 Å². The van der Waals surface area contributed by atoms with Crippen LogP contribution in [-0.2, 0) is 0 Å². The van der Waals surface area contributed by atoms with Crippen molar-refractivity contribution in [3.05, 3.63) is 11.6 Å². The topological polar surface area (TPSA) is 26.0 Å². The Bertz CT molecular complexity index is 125. The van der Waals surface area contributed by atoms with Gasteiger partial charge < -0.3 is 5.73 Å². The van der Waals surface area contributed by atoms with Gasteiger partial charge in [-0.1, -0.05) is 18.6 Å². The molecule has 0 saturated carbocycles. The first-order valence-electron chi connectivity index (χ1n) is 3.70. The Hall–Kier alpha value is -0.300. The standard InChI is InChI=1S/C8H15N/c1-3-7-4-8(5-7)6(2)9/h4,6-7H,3,5,9H2,1-2H3. The van der Waals surface area contributed by atoms with Gasteiger partial charge >= 0.3 is 0 Å². The monoisotopic (exact) mass is 125 g/mol. The summed E-state index contributed by atoms with van der Waals surface area (Å²) in [6, 6.07) is 0.299. The predicted octanol–water partition coefficient (Wildman–Crippen LogP) is 1.69. The van der Waals surface area contributed by atoms with E-state index in [2.05, 4.69) is 19.9 Å². The van der Waals surface area contributed by atoms with Crippen LogP contribution in [0.25, 0.3) is 0 Å². The van der Waals surface area contributed by atoms with Crippen molar-refractivity contribution < 1.29 is 0 Å². The normalized spacial score (nSPS) is 28.8. The summed E-state index contributed by atoms with van der Waals surface area (Å²) < 4.78 is 0. The summed E-state index contributed by atoms with van der Waals surface area (Å²) >= 11 is 0. The summed E-state index contributed by atoms with van der Waals surface area (Å²) in [6.45, 7) is 4.27. The number of nitrogens with two attached hydrogens (primary N) is 1. The minimum Gasteiger partial charge on any atom is -0.324 e. The van der Waals surface area contributed by atoms with E-state index in [1.165, 1.54) is 18.4 Å². The van der Waals surface area contributed by atoms with Crippen LogP contribution < -0.4 is 5.73 Å². The number of hydrogen-bond acceptors (Lipinski definition) is 1. The van der Waals surface area contributed by atoms with Gasteiger partial charge in [-0.3, -0.25) is 0 Å². The number of allylic oxidation sites excluding steroid dienone is 1. The second kappa shape index (κ2) is 2.53. The molecule has 0 aromatic rings. The molecule has 2 unspecified atom stereocenters. The van der Waals surface area contributed by atoms with Crippen LogP contribution in [0.3, 0.4) is 0 Å². The van der Waals surface area contributed by atoms with Gasteiger partial charge in [0.15, 0.2) is 0 Å². The molecular formula is C8H15N. The first-order valence-corrected chi connectivity index (χ1v) is 3.70. The minimum absolute atomic E-state index is 0.299. The van der Waals surface area contributed by atoms with Crippen molar-refractivity contribution in [3.8, 4) is 0 Å². The fourth-order valence-corrected chi connectivity index (χ4v) is 1.17. The van der Waals surface area contributed by atoms with Crippen LogP contribution in [0.4, 0.5) is 0 Å². The Morgan fingerprint density at radius 1 is 1.89 bits per heavy atom. The van der Waals surface area contributed by atoms with Crippen LogP contribution in [-0.4, -0.2) is 6.04 Å². The molecule has 0 aromatic heterocycles. The highest BCUT2D eigenvalue weighted by Gasteiger charge is 2.18. The van der Waals surface area contributed by atoms with E-state index in [9.17, 15) is 0 Å². The van der Waals surface area contributed by atoms with Crippen LogP contribution in [0.2, 0.25) is 0 Å². The molecule has 0 aliphatic heterocycles. The van der Waals surface area contributed by atoms with Gasteiger partial charge in [-0.25, -0.2) is 0 Å². The van der Waals surface area contributed by atoms with E-state index in [4.69, 9.17) is 5.73 Å². The van der Waals surface area contributed by atoms with Crippen LogP contribution >= 0.6 is 0 Å². The summed E-state index contributed by atoms with van der Waals surface area (Å²) in [4.78, 5) is 0. The van der Waals surface area contributed by atoms with E-state index in [1.807, 2.05) is 0 Å². The van der Waals surface area contributed by atoms with E-state index in [-0.39, 0.29) is 0 Å². The highest BCUT2D eigenvalue weighted by molar-refractivity contribution is 5.20. The van der Waals surface area contributed by atoms with Gasteiger partial charge in [-0.2, -0.15) is 0 Å². The highest BCUT2D eigenvalue weighted by atomic mass is 14.6. The molecule has 1 nitrogen and oxygen atoms in total. The smallest absolute Gasteiger partial charge is 0.0225 e. The van der Waals surface area contributed by atoms with Crippen molar-refractivity contribution in [1.82, 2.24) is 0 Å². The number of rotatable bonds is 2. The molecule has 0 bridgehead atoms. The third-order valence-electron chi connectivity index (χ3n) is 2.06. The molecule has 52 valence electrons. The zero-order valence-corrected chi connectivity index (χ0v) is 6.22. The van der Waals surface area contributed by atoms with Crippen molar-refractivity contribution in [2.45, 2.75) is 32.7 Å². The maximum atomic E-state index is 5.65. The molecule has 0 radical (unpaired) electrons. The largest absolute Gasteiger partial charge is 0.324 e. The molecule has 0 aromatic carbocycles. The van der Waals surface area contributed by atoms with Crippen molar-refractivity contribution in [1.29, 1.82) is 0 Å². The van der Waals surface area contributed by atoms with E-state index >= 15 is 0 Å². The molecule has 1 aliphatic rings. The summed E-state index contributed by atoms with van der Waals surface area (Å²) in [7, 11) is 0. The van der Waals surface area contributed by atoms with Crippen molar-refractivity contribution >= 4 is 0 Å². The van der Waals surface area contributed by atoms with Crippen LogP contribution in [0.15, 0.2) is 11.6 Å². The molecule has 0 amide bonds. The Labute approximate surface area is 56.9 Å². The van der Waals surface area contributed by atoms with Crippen LogP contribution in [0.5, 0.6) is 0 Å². The number of hydrogen-bond donors (Lipinski definition) is 1. The second-order valence-corrected chi connectivity index (χ2v) is 2.90. The Morgan fingerprint density at radius 3 is 2.78 bits per heavy atom. The van der Waals surface area contributed by atoms with Crippen LogP contribution in [0, 0.1) is 5.92 Å². The fraction of sp³-hybridized carbons (Fsp3) is 0.750. The molecule has 0 spiro atoms. The van der Waals surface area contributed by atoms with E-state index in [0.717, 1.165) is 5.92 Å². The summed E-state index contributed by atoms with van der Waals surface area (Å²) in [5.41, 5.74) is 7.09. The van der Waals surface area contributed by atoms with Gasteiger partial charge in [-0.05, 0) is 25.7 Å². The van der Waals surface area contributed by atoms with Gasteiger partial charge in [0.25, 0.3) is 0 Å². The van der Waals surface area contributed by atoms with Crippen molar-refractivity contribution in [3.63, 3.8) is 0 Å². The highest BCUT2D eigenvalue weighted by Crippen LogP contribution is 2.29. The lowest BCUT2D eigenvalue weighted by molar-refractivity contribution is 0.527. The lowest BCUT2D eigenvalue weighted by atomic mass is 9.82. The molecule has 9 heavy (non-hydrogen) atoms. The zero-order chi connectivity index (χ0) is 6.85. The zero-order valence-electron chi connectivity index (χ0n) is 6.22. The van der Waals surface area contributed by atoms with Gasteiger partial charge in [-0.15, -0.1) is 0 Å². The third-order valence-corrected chi connectivity index (χ3v) is 2.06. The molecule has 0 fully saturated rings. The first-order chi connectivity index (χ1) is 4.24. The van der Waals surface area contributed by atoms with E-state index in [1.54, 1.807) is 0 Å². The molecular weight excluding hydrogens is 110 g/mol. The average molecular weight is 125 g/mol. The first kappa shape index (κ1) is 6.81. The van der Waals surface area contributed by atoms with Gasteiger partial charge in [0.2, 0.25) is 0 Å². The third kappa shape index (κ3) is 1.33. The fourth-order valence-electron chi connectivity index (χ4n) is 1.17. The van der Waals surface area contributed by atoms with Gasteiger partial charge in [0.1, 0.15) is 0 Å². The summed E-state index contributed by atoms with van der Waals surface area (Å²) in [5, 5.41) is 0. The molecule has 0 heterocycles. The van der Waals surface area contributed by atoms with E-state index < -0.39 is 0 Å². The van der Waals surface area contributed by atoms with Crippen LogP contribution in [0.1, 0.15) is 26.7 Å². The lowest BCUT2D eigenvalue weighted by Gasteiger charge is -2.26.